The molecule has 0 bridgehead atoms. The molecule has 1 aliphatic rings. The maximum absolute atomic E-state index is 9.48. The van der Waals surface area contributed by atoms with E-state index in [2.05, 4.69) is 22.1 Å². The molecule has 2 rings (SSSR count). The van der Waals surface area contributed by atoms with Crippen LogP contribution in [-0.4, -0.2) is 40.9 Å². The predicted molar refractivity (Wildman–Crippen MR) is 73.4 cm³/mol. The van der Waals surface area contributed by atoms with Gasteiger partial charge in [0.25, 0.3) is 0 Å². The van der Waals surface area contributed by atoms with Crippen molar-refractivity contribution in [2.75, 3.05) is 19.7 Å². The van der Waals surface area contributed by atoms with E-state index in [0.717, 1.165) is 38.0 Å². The maximum atomic E-state index is 9.48. The fourth-order valence-corrected chi connectivity index (χ4v) is 2.94. The quantitative estimate of drug-likeness (QED) is 0.813. The summed E-state index contributed by atoms with van der Waals surface area (Å²) in [6, 6.07) is 2.04. The molecule has 0 unspecified atom stereocenters. The van der Waals surface area contributed by atoms with Crippen molar-refractivity contribution in [3.8, 4) is 11.8 Å². The molecule has 0 amide bonds. The molecule has 2 N–H and O–H groups in total. The van der Waals surface area contributed by atoms with Gasteiger partial charge in [-0.15, -0.1) is 11.3 Å². The van der Waals surface area contributed by atoms with Crippen molar-refractivity contribution < 1.29 is 10.2 Å². The lowest BCUT2D eigenvalue weighted by atomic mass is 10.1. The molecule has 0 atom stereocenters. The van der Waals surface area contributed by atoms with Crippen LogP contribution in [0.3, 0.4) is 0 Å². The van der Waals surface area contributed by atoms with Crippen molar-refractivity contribution in [2.24, 2.45) is 0 Å². The van der Waals surface area contributed by atoms with Gasteiger partial charge in [-0.1, -0.05) is 11.8 Å². The molecule has 1 aliphatic heterocycles. The first-order valence-corrected chi connectivity index (χ1v) is 7.24. The number of aliphatic hydroxyl groups is 2. The Balaban J connectivity index is 1.93. The minimum Gasteiger partial charge on any atom is -0.395 e. The molecule has 0 aliphatic carbocycles. The van der Waals surface area contributed by atoms with Gasteiger partial charge >= 0.3 is 0 Å². The van der Waals surface area contributed by atoms with E-state index in [1.54, 1.807) is 11.3 Å². The standard InChI is InChI=1S/C14H19NO2S/c16-9-2-1-3-12-6-10-18-14(12)11-15-7-4-13(17)5-8-15/h6,10,13,16-17H,2,4-5,7-9,11H2. The zero-order valence-electron chi connectivity index (χ0n) is 10.4. The summed E-state index contributed by atoms with van der Waals surface area (Å²) in [7, 11) is 0. The van der Waals surface area contributed by atoms with Crippen molar-refractivity contribution in [1.82, 2.24) is 4.90 Å². The highest BCUT2D eigenvalue weighted by molar-refractivity contribution is 7.10. The number of likely N-dealkylation sites (tertiary alicyclic amines) is 1. The Hall–Kier alpha value is -0.860. The highest BCUT2D eigenvalue weighted by atomic mass is 32.1. The van der Waals surface area contributed by atoms with E-state index in [-0.39, 0.29) is 12.7 Å². The summed E-state index contributed by atoms with van der Waals surface area (Å²) in [5.74, 6) is 6.09. The Morgan fingerprint density at radius 3 is 2.89 bits per heavy atom. The Bertz CT molecular complexity index is 424. The first-order valence-electron chi connectivity index (χ1n) is 6.36. The highest BCUT2D eigenvalue weighted by Crippen LogP contribution is 2.20. The van der Waals surface area contributed by atoms with Crippen LogP contribution in [0.2, 0.25) is 0 Å². The molecule has 1 aromatic rings. The van der Waals surface area contributed by atoms with E-state index >= 15 is 0 Å². The van der Waals surface area contributed by atoms with E-state index in [1.165, 1.54) is 4.88 Å². The van der Waals surface area contributed by atoms with Gasteiger partial charge < -0.3 is 10.2 Å². The van der Waals surface area contributed by atoms with Crippen LogP contribution in [0.4, 0.5) is 0 Å². The predicted octanol–water partition coefficient (Wildman–Crippen LogP) is 1.44. The summed E-state index contributed by atoms with van der Waals surface area (Å²) in [5, 5.41) is 20.3. The largest absolute Gasteiger partial charge is 0.395 e. The average molecular weight is 265 g/mol. The molecule has 4 heteroatoms. The van der Waals surface area contributed by atoms with Gasteiger partial charge in [0.05, 0.1) is 12.7 Å². The van der Waals surface area contributed by atoms with Crippen molar-refractivity contribution in [3.63, 3.8) is 0 Å². The van der Waals surface area contributed by atoms with Crippen molar-refractivity contribution in [3.05, 3.63) is 21.9 Å². The van der Waals surface area contributed by atoms with Gasteiger partial charge in [0, 0.05) is 36.5 Å². The van der Waals surface area contributed by atoms with Crippen LogP contribution in [0.25, 0.3) is 0 Å². The molecule has 98 valence electrons. The lowest BCUT2D eigenvalue weighted by Gasteiger charge is -2.29. The second-order valence-electron chi connectivity index (χ2n) is 4.54. The van der Waals surface area contributed by atoms with E-state index < -0.39 is 0 Å². The SMILES string of the molecule is OCCC#Cc1ccsc1CN1CCC(O)CC1. The molecule has 0 saturated carbocycles. The second kappa shape index (κ2) is 6.91. The van der Waals surface area contributed by atoms with Crippen molar-refractivity contribution in [1.29, 1.82) is 0 Å². The smallest absolute Gasteiger partial charge is 0.0564 e. The molecule has 0 radical (unpaired) electrons. The van der Waals surface area contributed by atoms with Crippen LogP contribution in [0, 0.1) is 11.8 Å². The molecule has 0 spiro atoms. The number of rotatable bonds is 3. The number of aliphatic hydroxyl groups excluding tert-OH is 2. The first-order chi connectivity index (χ1) is 8.79. The maximum Gasteiger partial charge on any atom is 0.0564 e. The van der Waals surface area contributed by atoms with Gasteiger partial charge in [0.1, 0.15) is 0 Å². The monoisotopic (exact) mass is 265 g/mol. The van der Waals surface area contributed by atoms with E-state index in [4.69, 9.17) is 5.11 Å². The summed E-state index contributed by atoms with van der Waals surface area (Å²) >= 11 is 1.73. The number of nitrogens with zero attached hydrogens (tertiary/aromatic N) is 1. The minimum atomic E-state index is -0.117. The van der Waals surface area contributed by atoms with Gasteiger partial charge in [0.2, 0.25) is 0 Å². The Morgan fingerprint density at radius 1 is 1.39 bits per heavy atom. The fourth-order valence-electron chi connectivity index (χ4n) is 2.07. The van der Waals surface area contributed by atoms with Crippen LogP contribution in [0.15, 0.2) is 11.4 Å². The zero-order valence-corrected chi connectivity index (χ0v) is 11.2. The lowest BCUT2D eigenvalue weighted by Crippen LogP contribution is -2.35. The molecule has 18 heavy (non-hydrogen) atoms. The zero-order chi connectivity index (χ0) is 12.8. The van der Waals surface area contributed by atoms with Crippen LogP contribution in [0.5, 0.6) is 0 Å². The topological polar surface area (TPSA) is 43.7 Å². The second-order valence-corrected chi connectivity index (χ2v) is 5.54. The van der Waals surface area contributed by atoms with Crippen molar-refractivity contribution in [2.45, 2.75) is 31.9 Å². The number of piperidine rings is 1. The van der Waals surface area contributed by atoms with E-state index in [9.17, 15) is 5.11 Å². The summed E-state index contributed by atoms with van der Waals surface area (Å²) < 4.78 is 0. The average Bonchev–Trinajstić information content (AvgIpc) is 2.80. The summed E-state index contributed by atoms with van der Waals surface area (Å²) in [5.41, 5.74) is 1.08. The first kappa shape index (κ1) is 13.6. The van der Waals surface area contributed by atoms with E-state index in [1.807, 2.05) is 6.07 Å². The van der Waals surface area contributed by atoms with Gasteiger partial charge in [0.15, 0.2) is 0 Å². The normalized spacial score (nSPS) is 17.4. The third kappa shape index (κ3) is 3.82. The molecule has 1 aromatic heterocycles. The number of hydrogen-bond acceptors (Lipinski definition) is 4. The van der Waals surface area contributed by atoms with Gasteiger partial charge in [-0.25, -0.2) is 0 Å². The summed E-state index contributed by atoms with van der Waals surface area (Å²) in [6.45, 7) is 2.97. The van der Waals surface area contributed by atoms with Gasteiger partial charge in [-0.2, -0.15) is 0 Å². The summed E-state index contributed by atoms with van der Waals surface area (Å²) in [6.07, 6.45) is 2.16. The minimum absolute atomic E-state index is 0.117. The van der Waals surface area contributed by atoms with Crippen LogP contribution >= 0.6 is 11.3 Å². The Kier molecular flexibility index (Phi) is 5.21. The fraction of sp³-hybridized carbons (Fsp3) is 0.571. The molecule has 1 saturated heterocycles. The number of thiophene rings is 1. The van der Waals surface area contributed by atoms with Crippen LogP contribution in [-0.2, 0) is 6.54 Å². The molecular weight excluding hydrogens is 246 g/mol. The Labute approximate surface area is 112 Å². The van der Waals surface area contributed by atoms with Gasteiger partial charge in [-0.05, 0) is 24.3 Å². The number of hydrogen-bond donors (Lipinski definition) is 2. The molecular formula is C14H19NO2S. The third-order valence-corrected chi connectivity index (χ3v) is 4.04. The molecule has 2 heterocycles. The molecule has 1 fully saturated rings. The van der Waals surface area contributed by atoms with Crippen LogP contribution in [0.1, 0.15) is 29.7 Å². The lowest BCUT2D eigenvalue weighted by molar-refractivity contribution is 0.0797. The van der Waals surface area contributed by atoms with Crippen LogP contribution < -0.4 is 0 Å². The molecule has 0 aromatic carbocycles. The highest BCUT2D eigenvalue weighted by Gasteiger charge is 2.18. The van der Waals surface area contributed by atoms with E-state index in [0.29, 0.717) is 6.42 Å². The third-order valence-electron chi connectivity index (χ3n) is 3.13. The van der Waals surface area contributed by atoms with Crippen molar-refractivity contribution >= 4 is 11.3 Å². The van der Waals surface area contributed by atoms with Gasteiger partial charge in [-0.3, -0.25) is 4.90 Å². The summed E-state index contributed by atoms with van der Waals surface area (Å²) in [4.78, 5) is 3.66. The molecule has 3 nitrogen and oxygen atoms in total. The Morgan fingerprint density at radius 2 is 2.17 bits per heavy atom.